The summed E-state index contributed by atoms with van der Waals surface area (Å²) >= 11 is -2.61. The molecule has 0 saturated carbocycles. The molecule has 0 heterocycles. The third-order valence-electron chi connectivity index (χ3n) is 9.59. The Bertz CT molecular complexity index is 1180. The van der Waals surface area contributed by atoms with Crippen molar-refractivity contribution >= 4 is 20.0 Å². The smallest absolute Gasteiger partial charge is 0.408 e. The van der Waals surface area contributed by atoms with Gasteiger partial charge in [0.25, 0.3) is 11.4 Å². The molecule has 53 heavy (non-hydrogen) atoms. The predicted molar refractivity (Wildman–Crippen MR) is 227 cm³/mol. The molecule has 0 aliphatic rings. The molecule has 0 unspecified atom stereocenters. The van der Waals surface area contributed by atoms with Gasteiger partial charge in [-0.25, -0.2) is 0 Å². The first-order valence-corrected chi connectivity index (χ1v) is 23.0. The average molecular weight is 771 g/mol. The Morgan fingerprint density at radius 3 is 0.906 bits per heavy atom. The Morgan fingerprint density at radius 2 is 0.642 bits per heavy atom. The van der Waals surface area contributed by atoms with Crippen LogP contribution in [0.3, 0.4) is 0 Å². The van der Waals surface area contributed by atoms with E-state index in [4.69, 9.17) is 26.9 Å². The highest BCUT2D eigenvalue weighted by molar-refractivity contribution is 7.73. The Kier molecular flexibility index (Phi) is 28.1. The summed E-state index contributed by atoms with van der Waals surface area (Å²) in [5, 5.41) is 0. The van der Waals surface area contributed by atoms with E-state index in [0.29, 0.717) is 0 Å². The molecule has 0 amide bonds. The lowest BCUT2D eigenvalue weighted by molar-refractivity contribution is 0.382. The molecular weight excluding hydrogens is 700 g/mol. The Hall–Kier alpha value is -2.44. The number of aryl methyl sites for hydroxylation is 3. The summed E-state index contributed by atoms with van der Waals surface area (Å²) in [6.45, 7) is 6.84. The van der Waals surface area contributed by atoms with Crippen molar-refractivity contribution in [3.05, 3.63) is 89.5 Å². The van der Waals surface area contributed by atoms with E-state index < -0.39 is 20.0 Å². The molecule has 0 radical (unpaired) electrons. The van der Waals surface area contributed by atoms with Gasteiger partial charge in [-0.15, -0.1) is 0 Å². The van der Waals surface area contributed by atoms with Gasteiger partial charge in [0.1, 0.15) is 17.2 Å². The maximum atomic E-state index is 8.67. The van der Waals surface area contributed by atoms with E-state index in [9.17, 15) is 0 Å². The van der Waals surface area contributed by atoms with E-state index in [0.717, 1.165) is 36.5 Å². The Labute approximate surface area is 327 Å². The summed E-state index contributed by atoms with van der Waals surface area (Å²) < 4.78 is 43.1. The molecule has 0 fully saturated rings. The lowest BCUT2D eigenvalue weighted by Crippen LogP contribution is -2.06. The van der Waals surface area contributed by atoms with Gasteiger partial charge in [-0.3, -0.25) is 9.11 Å². The zero-order valence-corrected chi connectivity index (χ0v) is 35.0. The summed E-state index contributed by atoms with van der Waals surface area (Å²) in [6, 6.07) is 25.5. The number of rotatable bonds is 30. The van der Waals surface area contributed by atoms with Gasteiger partial charge < -0.3 is 13.6 Å². The monoisotopic (exact) mass is 770 g/mol. The van der Waals surface area contributed by atoms with Crippen molar-refractivity contribution in [2.75, 3.05) is 0 Å². The minimum absolute atomic E-state index is 0.883. The molecule has 0 spiro atoms. The molecule has 0 bridgehead atoms. The predicted octanol–water partition coefficient (Wildman–Crippen LogP) is 15.0. The summed E-state index contributed by atoms with van der Waals surface area (Å²) in [7, 11) is -1.72. The van der Waals surface area contributed by atoms with Crippen LogP contribution in [0.4, 0.5) is 0 Å². The summed E-state index contributed by atoms with van der Waals surface area (Å²) in [5.74, 6) is 2.65. The number of benzene rings is 3. The second-order valence-corrected chi connectivity index (χ2v) is 15.6. The topological polar surface area (TPSA) is 85.2 Å². The zero-order chi connectivity index (χ0) is 38.2. The van der Waals surface area contributed by atoms with Crippen molar-refractivity contribution in [2.24, 2.45) is 0 Å². The van der Waals surface area contributed by atoms with Crippen molar-refractivity contribution in [3.63, 3.8) is 0 Å². The average Bonchev–Trinajstić information content (AvgIpc) is 3.15. The number of hydrogen-bond donors (Lipinski definition) is 2. The highest BCUT2D eigenvalue weighted by Crippen LogP contribution is 2.45. The van der Waals surface area contributed by atoms with Gasteiger partial charge in [0.05, 0.1) is 0 Å². The molecule has 2 N–H and O–H groups in total. The van der Waals surface area contributed by atoms with Gasteiger partial charge in [0.15, 0.2) is 0 Å². The summed E-state index contributed by atoms with van der Waals surface area (Å²) in [4.78, 5) is 0. The largest absolute Gasteiger partial charge is 0.530 e. The molecule has 3 rings (SSSR count). The van der Waals surface area contributed by atoms with Crippen LogP contribution in [0.25, 0.3) is 0 Å². The molecule has 8 heteroatoms. The van der Waals surface area contributed by atoms with E-state index in [-0.39, 0.29) is 0 Å². The molecule has 0 aliphatic carbocycles. The van der Waals surface area contributed by atoms with Gasteiger partial charge in [0, 0.05) is 0 Å². The van der Waals surface area contributed by atoms with Crippen molar-refractivity contribution in [3.8, 4) is 17.2 Å². The van der Waals surface area contributed by atoms with Crippen LogP contribution in [0, 0.1) is 0 Å². The zero-order valence-electron chi connectivity index (χ0n) is 33.3. The lowest BCUT2D eigenvalue weighted by Gasteiger charge is -2.22. The number of unbranched alkanes of at least 4 members (excludes halogenated alkanes) is 18. The van der Waals surface area contributed by atoms with E-state index in [1.807, 2.05) is 0 Å². The second kappa shape index (κ2) is 31.9. The lowest BCUT2D eigenvalue weighted by atomic mass is 10.0. The van der Waals surface area contributed by atoms with Gasteiger partial charge in [-0.05, 0) is 73.4 Å². The highest BCUT2D eigenvalue weighted by Gasteiger charge is 2.24. The fraction of sp³-hybridized carbons (Fsp3) is 0.600. The van der Waals surface area contributed by atoms with Gasteiger partial charge in [0.2, 0.25) is 0 Å². The molecule has 0 atom stereocenters. The molecule has 0 saturated heterocycles. The highest BCUT2D eigenvalue weighted by atomic mass is 32.2. The normalized spacial score (nSPS) is 11.1. The van der Waals surface area contributed by atoms with Crippen LogP contribution in [0.1, 0.15) is 172 Å². The Morgan fingerprint density at radius 1 is 0.415 bits per heavy atom. The van der Waals surface area contributed by atoms with Crippen LogP contribution >= 0.6 is 8.60 Å². The maximum Gasteiger partial charge on any atom is 0.530 e. The SMILES string of the molecule is CCCCCCCCCc1ccccc1OP(Oc1ccccc1CCCCCCCCC)Oc1ccccc1CCCCCCCCC.O=S(O)O. The van der Waals surface area contributed by atoms with Crippen LogP contribution in [0.2, 0.25) is 0 Å². The van der Waals surface area contributed by atoms with Crippen LogP contribution in [-0.2, 0) is 30.6 Å². The van der Waals surface area contributed by atoms with Crippen LogP contribution < -0.4 is 13.6 Å². The molecule has 298 valence electrons. The minimum Gasteiger partial charge on any atom is -0.408 e. The third-order valence-corrected chi connectivity index (χ3v) is 10.6. The number of para-hydroxylation sites is 3. The third kappa shape index (κ3) is 23.2. The molecule has 0 aromatic heterocycles. The van der Waals surface area contributed by atoms with E-state index in [1.54, 1.807) is 0 Å². The quantitative estimate of drug-likeness (QED) is 0.0399. The Balaban J connectivity index is 0.00000231. The molecule has 0 aliphatic heterocycles. The standard InChI is InChI=1S/C45H69O3P.H2O3S/c1-4-7-10-13-16-19-22-31-40-34-25-28-37-43(40)46-49(47-44-38-29-26-35-41(44)32-23-20-17-14-11-8-5-2)48-45-39-30-27-36-42(45)33-24-21-18-15-12-9-6-3;1-4(2)3/h25-30,34-39H,4-24,31-33H2,1-3H3;(H2,1,2,3). The molecular formula is C45H71O6PS. The van der Waals surface area contributed by atoms with Crippen LogP contribution in [0.15, 0.2) is 72.8 Å². The summed E-state index contributed by atoms with van der Waals surface area (Å²) in [6.07, 6.45) is 30.3. The second-order valence-electron chi connectivity index (χ2n) is 14.2. The van der Waals surface area contributed by atoms with Crippen LogP contribution in [-0.4, -0.2) is 13.3 Å². The van der Waals surface area contributed by atoms with Crippen LogP contribution in [0.5, 0.6) is 17.2 Å². The van der Waals surface area contributed by atoms with E-state index in [2.05, 4.69) is 93.6 Å². The molecule has 3 aromatic rings. The van der Waals surface area contributed by atoms with Crippen molar-refractivity contribution in [1.29, 1.82) is 0 Å². The fourth-order valence-corrected chi connectivity index (χ4v) is 7.64. The first-order chi connectivity index (χ1) is 26.0. The van der Waals surface area contributed by atoms with Gasteiger partial charge in [-0.1, -0.05) is 191 Å². The fourth-order valence-electron chi connectivity index (χ4n) is 6.51. The minimum atomic E-state index is -2.61. The van der Waals surface area contributed by atoms with E-state index in [1.165, 1.54) is 152 Å². The van der Waals surface area contributed by atoms with Crippen molar-refractivity contribution in [1.82, 2.24) is 0 Å². The first kappa shape index (κ1) is 46.7. The van der Waals surface area contributed by atoms with Crippen molar-refractivity contribution < 1.29 is 26.9 Å². The molecule has 6 nitrogen and oxygen atoms in total. The van der Waals surface area contributed by atoms with Gasteiger partial charge >= 0.3 is 8.60 Å². The first-order valence-electron chi connectivity index (χ1n) is 20.9. The van der Waals surface area contributed by atoms with E-state index >= 15 is 0 Å². The van der Waals surface area contributed by atoms with Crippen molar-refractivity contribution in [2.45, 2.75) is 175 Å². The summed E-state index contributed by atoms with van der Waals surface area (Å²) in [5.41, 5.74) is 3.72. The number of hydrogen-bond acceptors (Lipinski definition) is 4. The maximum absolute atomic E-state index is 8.67. The molecule has 3 aromatic carbocycles. The van der Waals surface area contributed by atoms with Gasteiger partial charge in [-0.2, -0.15) is 4.21 Å².